The predicted molar refractivity (Wildman–Crippen MR) is 123 cm³/mol. The van der Waals surface area contributed by atoms with Crippen LogP contribution in [0.1, 0.15) is 56.7 Å². The van der Waals surface area contributed by atoms with E-state index in [1.165, 1.54) is 24.8 Å². The van der Waals surface area contributed by atoms with Gasteiger partial charge >= 0.3 is 6.18 Å². The van der Waals surface area contributed by atoms with Crippen LogP contribution in [0.4, 0.5) is 13.2 Å². The normalized spacial score (nSPS) is 22.8. The Kier molecular flexibility index (Phi) is 7.88. The van der Waals surface area contributed by atoms with Crippen molar-refractivity contribution in [2.24, 2.45) is 0 Å². The first kappa shape index (κ1) is 27.8. The molecular formula is C22H29F3N2O6S2. The van der Waals surface area contributed by atoms with Gasteiger partial charge in [-0.3, -0.25) is 0 Å². The van der Waals surface area contributed by atoms with Crippen molar-refractivity contribution in [2.45, 2.75) is 67.7 Å². The first-order valence-corrected chi connectivity index (χ1v) is 13.5. The molecule has 196 valence electrons. The molecule has 35 heavy (non-hydrogen) atoms. The molecule has 13 heteroatoms. The number of methoxy groups -OCH3 is 1. The number of aromatic nitrogens is 2. The number of hydrogen-bond acceptors (Lipinski definition) is 6. The highest BCUT2D eigenvalue weighted by Crippen LogP contribution is 2.43. The van der Waals surface area contributed by atoms with E-state index in [1.807, 2.05) is 0 Å². The van der Waals surface area contributed by atoms with E-state index >= 15 is 0 Å². The van der Waals surface area contributed by atoms with E-state index in [0.717, 1.165) is 12.1 Å². The van der Waals surface area contributed by atoms with Crippen LogP contribution in [0.25, 0.3) is 0 Å². The molecule has 8 nitrogen and oxygen atoms in total. The van der Waals surface area contributed by atoms with Gasteiger partial charge in [-0.2, -0.15) is 18.3 Å². The molecule has 0 radical (unpaired) electrons. The molecule has 1 fully saturated rings. The van der Waals surface area contributed by atoms with Gasteiger partial charge in [-0.15, -0.1) is 0 Å². The zero-order chi connectivity index (χ0) is 26.2. The van der Waals surface area contributed by atoms with Crippen LogP contribution in [0.2, 0.25) is 0 Å². The van der Waals surface area contributed by atoms with E-state index in [2.05, 4.69) is 5.10 Å². The average Bonchev–Trinajstić information content (AvgIpc) is 3.18. The number of nitrogens with zero attached hydrogens (tertiary/aromatic N) is 2. The Hall–Kier alpha value is -1.80. The van der Waals surface area contributed by atoms with Crippen LogP contribution in [0.3, 0.4) is 0 Å². The van der Waals surface area contributed by atoms with Gasteiger partial charge in [0.15, 0.2) is 20.9 Å². The lowest BCUT2D eigenvalue weighted by atomic mass is 9.90. The van der Waals surface area contributed by atoms with Crippen LogP contribution >= 0.6 is 0 Å². The van der Waals surface area contributed by atoms with Gasteiger partial charge in [-0.25, -0.2) is 17.3 Å². The number of rotatable bonds is 8. The monoisotopic (exact) mass is 538 g/mol. The van der Waals surface area contributed by atoms with Gasteiger partial charge < -0.3 is 14.0 Å². The Balaban J connectivity index is 1.98. The summed E-state index contributed by atoms with van der Waals surface area (Å²) in [5.41, 5.74) is -0.778. The summed E-state index contributed by atoms with van der Waals surface area (Å²) in [4.78, 5) is -0.395. The molecule has 2 aromatic rings. The molecule has 1 aromatic carbocycles. The van der Waals surface area contributed by atoms with E-state index in [9.17, 15) is 30.4 Å². The van der Waals surface area contributed by atoms with Crippen LogP contribution in [0.5, 0.6) is 0 Å². The molecule has 0 aliphatic carbocycles. The Morgan fingerprint density at radius 2 is 2.00 bits per heavy atom. The number of alkyl halides is 3. The van der Waals surface area contributed by atoms with Crippen molar-refractivity contribution >= 4 is 20.9 Å². The fourth-order valence-corrected chi connectivity index (χ4v) is 6.75. The summed E-state index contributed by atoms with van der Waals surface area (Å²) in [5, 5.41) is 4.50. The summed E-state index contributed by atoms with van der Waals surface area (Å²) in [5.74, 6) is -0.0659. The molecule has 3 atom stereocenters. The van der Waals surface area contributed by atoms with E-state index in [4.69, 9.17) is 9.47 Å². The van der Waals surface area contributed by atoms with Crippen molar-refractivity contribution in [3.63, 3.8) is 0 Å². The van der Waals surface area contributed by atoms with E-state index in [1.54, 1.807) is 19.9 Å². The third kappa shape index (κ3) is 5.79. The average molecular weight is 539 g/mol. The zero-order valence-electron chi connectivity index (χ0n) is 19.8. The van der Waals surface area contributed by atoms with Gasteiger partial charge in [0.1, 0.15) is 12.8 Å². The molecule has 3 unspecified atom stereocenters. The van der Waals surface area contributed by atoms with Gasteiger partial charge in [-0.1, -0.05) is 19.9 Å². The molecule has 0 bridgehead atoms. The fourth-order valence-electron chi connectivity index (χ4n) is 4.16. The zero-order valence-corrected chi connectivity index (χ0v) is 21.5. The molecule has 1 aromatic heterocycles. The lowest BCUT2D eigenvalue weighted by molar-refractivity contribution is -0.137. The standard InChI is InChI=1S/C22H29F3N2O6S2/c1-20(2,13-34(28)29)19-11-17(27(26-19)14-32-4)18-12-21(3,8-9-33-18)35(30,31)16-7-5-6-15(10-16)22(23,24)25/h5-7,10-11,18H,8-9,12-14H2,1-4H3,(H,28,29). The van der Waals surface area contributed by atoms with Crippen LogP contribution < -0.4 is 0 Å². The second kappa shape index (κ2) is 9.92. The third-order valence-electron chi connectivity index (χ3n) is 6.26. The maximum Gasteiger partial charge on any atom is 0.416 e. The lowest BCUT2D eigenvalue weighted by Crippen LogP contribution is -2.42. The Bertz CT molecular complexity index is 1200. The molecule has 1 aliphatic heterocycles. The SMILES string of the molecule is COCn1nc(C(C)(C)CS(=O)O)cc1C1CC(C)(S(=O)(=O)c2cccc(C(F)(F)F)c2)CCO1. The predicted octanol–water partition coefficient (Wildman–Crippen LogP) is 4.09. The molecule has 1 N–H and O–H groups in total. The van der Waals surface area contributed by atoms with Crippen LogP contribution in [0.15, 0.2) is 35.2 Å². The van der Waals surface area contributed by atoms with Crippen LogP contribution in [0, 0.1) is 0 Å². The number of ether oxygens (including phenoxy) is 2. The maximum absolute atomic E-state index is 13.5. The van der Waals surface area contributed by atoms with Crippen molar-refractivity contribution in [1.82, 2.24) is 9.78 Å². The first-order valence-electron chi connectivity index (χ1n) is 10.8. The van der Waals surface area contributed by atoms with Gasteiger partial charge in [0.2, 0.25) is 0 Å². The largest absolute Gasteiger partial charge is 0.416 e. The summed E-state index contributed by atoms with van der Waals surface area (Å²) in [6.45, 7) is 5.12. The topological polar surface area (TPSA) is 108 Å². The van der Waals surface area contributed by atoms with Crippen molar-refractivity contribution < 1.29 is 39.8 Å². The number of halogens is 3. The van der Waals surface area contributed by atoms with Gasteiger partial charge in [0, 0.05) is 19.1 Å². The third-order valence-corrected chi connectivity index (χ3v) is 9.77. The summed E-state index contributed by atoms with van der Waals surface area (Å²) in [6, 6.07) is 5.45. The van der Waals surface area contributed by atoms with Crippen LogP contribution in [-0.2, 0) is 48.7 Å². The van der Waals surface area contributed by atoms with Crippen LogP contribution in [-0.4, -0.2) is 51.2 Å². The number of hydrogen-bond donors (Lipinski definition) is 1. The summed E-state index contributed by atoms with van der Waals surface area (Å²) < 4.78 is 98.6. The Labute approximate surface area is 205 Å². The number of sulfone groups is 1. The smallest absolute Gasteiger partial charge is 0.372 e. The van der Waals surface area contributed by atoms with Gasteiger partial charge in [-0.05, 0) is 44.0 Å². The molecule has 1 saturated heterocycles. The highest BCUT2D eigenvalue weighted by atomic mass is 32.2. The molecular weight excluding hydrogens is 509 g/mol. The summed E-state index contributed by atoms with van der Waals surface area (Å²) in [7, 11) is -2.70. The van der Waals surface area contributed by atoms with E-state index in [0.29, 0.717) is 17.5 Å². The highest BCUT2D eigenvalue weighted by Gasteiger charge is 2.46. The van der Waals surface area contributed by atoms with Gasteiger partial charge in [0.25, 0.3) is 0 Å². The minimum Gasteiger partial charge on any atom is -0.372 e. The second-order valence-corrected chi connectivity index (χ2v) is 12.9. The molecule has 0 amide bonds. The maximum atomic E-state index is 13.5. The number of benzene rings is 1. The van der Waals surface area contributed by atoms with Crippen molar-refractivity contribution in [1.29, 1.82) is 0 Å². The quantitative estimate of drug-likeness (QED) is 0.505. The fraction of sp³-hybridized carbons (Fsp3) is 0.591. The molecule has 1 aliphatic rings. The highest BCUT2D eigenvalue weighted by molar-refractivity contribution is 7.92. The minimum absolute atomic E-state index is 0.0210. The first-order chi connectivity index (χ1) is 16.1. The molecule has 3 rings (SSSR count). The Morgan fingerprint density at radius 3 is 2.60 bits per heavy atom. The summed E-state index contributed by atoms with van der Waals surface area (Å²) in [6.07, 6.45) is -5.32. The van der Waals surface area contributed by atoms with E-state index in [-0.39, 0.29) is 31.9 Å². The van der Waals surface area contributed by atoms with E-state index < -0.39 is 53.8 Å². The Morgan fingerprint density at radius 1 is 1.31 bits per heavy atom. The van der Waals surface area contributed by atoms with Crippen molar-refractivity contribution in [3.8, 4) is 0 Å². The molecule has 0 saturated carbocycles. The molecule has 0 spiro atoms. The summed E-state index contributed by atoms with van der Waals surface area (Å²) >= 11 is -2.07. The minimum atomic E-state index is -4.67. The second-order valence-electron chi connectivity index (χ2n) is 9.51. The van der Waals surface area contributed by atoms with Crippen molar-refractivity contribution in [2.75, 3.05) is 19.5 Å². The van der Waals surface area contributed by atoms with Crippen molar-refractivity contribution in [3.05, 3.63) is 47.3 Å². The lowest BCUT2D eigenvalue weighted by Gasteiger charge is -2.37. The van der Waals surface area contributed by atoms with Gasteiger partial charge in [0.05, 0.1) is 32.3 Å². The molecule has 2 heterocycles.